The number of thiazole rings is 1. The highest BCUT2D eigenvalue weighted by atomic mass is 32.1. The molecule has 0 aliphatic carbocycles. The first-order valence-electron chi connectivity index (χ1n) is 9.74. The third-order valence-electron chi connectivity index (χ3n) is 5.41. The monoisotopic (exact) mass is 407 g/mol. The summed E-state index contributed by atoms with van der Waals surface area (Å²) in [6.45, 7) is 2.14. The standard InChI is InChI=1S/C21H21N5O2S/c27-19(22-14-5-6-15-17(11-14)25-21(28)24-15)12-26-9-7-13(8-10-26)20-23-16-3-1-2-4-18(16)29-20/h1-6,11,13H,7-10,12H2,(H,22,27)(H2,24,25,28). The van der Waals surface area contributed by atoms with E-state index in [9.17, 15) is 9.59 Å². The fourth-order valence-electron chi connectivity index (χ4n) is 3.92. The minimum atomic E-state index is -0.250. The highest BCUT2D eigenvalue weighted by molar-refractivity contribution is 7.18. The predicted octanol–water partition coefficient (Wildman–Crippen LogP) is 3.28. The van der Waals surface area contributed by atoms with Gasteiger partial charge in [-0.2, -0.15) is 0 Å². The number of rotatable bonds is 4. The summed E-state index contributed by atoms with van der Waals surface area (Å²) in [5, 5.41) is 4.14. The molecule has 4 aromatic rings. The van der Waals surface area contributed by atoms with E-state index in [1.807, 2.05) is 6.07 Å². The molecule has 2 aromatic carbocycles. The molecule has 7 nitrogen and oxygen atoms in total. The van der Waals surface area contributed by atoms with Gasteiger partial charge in [0, 0.05) is 11.6 Å². The molecule has 3 heterocycles. The van der Waals surface area contributed by atoms with Gasteiger partial charge in [-0.25, -0.2) is 9.78 Å². The number of hydrogen-bond donors (Lipinski definition) is 3. The number of H-pyrrole nitrogens is 2. The molecule has 0 atom stereocenters. The number of carbonyl (C=O) groups excluding carboxylic acids is 1. The van der Waals surface area contributed by atoms with Crippen LogP contribution in [0.2, 0.25) is 0 Å². The SMILES string of the molecule is O=C(CN1CCC(c2nc3ccccc3s2)CC1)Nc1ccc2[nH]c(=O)[nH]c2c1. The minimum Gasteiger partial charge on any atom is -0.325 e. The van der Waals surface area contributed by atoms with Gasteiger partial charge in [0.1, 0.15) is 0 Å². The van der Waals surface area contributed by atoms with E-state index in [1.165, 1.54) is 9.71 Å². The molecule has 1 saturated heterocycles. The van der Waals surface area contributed by atoms with Crippen LogP contribution in [0.15, 0.2) is 47.3 Å². The molecule has 5 rings (SSSR count). The Hall–Kier alpha value is -2.97. The lowest BCUT2D eigenvalue weighted by molar-refractivity contribution is -0.117. The number of nitrogens with zero attached hydrogens (tertiary/aromatic N) is 2. The van der Waals surface area contributed by atoms with Crippen molar-refractivity contribution in [1.29, 1.82) is 0 Å². The molecule has 0 bridgehead atoms. The molecule has 1 aliphatic rings. The molecular weight excluding hydrogens is 386 g/mol. The fraction of sp³-hybridized carbons (Fsp3) is 0.286. The molecule has 0 radical (unpaired) electrons. The number of hydrogen-bond acceptors (Lipinski definition) is 5. The van der Waals surface area contributed by atoms with Crippen molar-refractivity contribution in [2.75, 3.05) is 25.0 Å². The highest BCUT2D eigenvalue weighted by Gasteiger charge is 2.24. The molecule has 1 amide bonds. The first-order chi connectivity index (χ1) is 14.1. The highest BCUT2D eigenvalue weighted by Crippen LogP contribution is 2.33. The van der Waals surface area contributed by atoms with Crippen LogP contribution >= 0.6 is 11.3 Å². The van der Waals surface area contributed by atoms with E-state index >= 15 is 0 Å². The van der Waals surface area contributed by atoms with Crippen LogP contribution in [0.4, 0.5) is 5.69 Å². The summed E-state index contributed by atoms with van der Waals surface area (Å²) in [7, 11) is 0. The van der Waals surface area contributed by atoms with E-state index in [1.54, 1.807) is 29.5 Å². The van der Waals surface area contributed by atoms with Crippen molar-refractivity contribution in [3.8, 4) is 0 Å². The zero-order chi connectivity index (χ0) is 19.8. The number of fused-ring (bicyclic) bond motifs is 2. The molecule has 3 N–H and O–H groups in total. The van der Waals surface area contributed by atoms with Gasteiger partial charge in [0.25, 0.3) is 0 Å². The molecule has 1 fully saturated rings. The molecule has 0 saturated carbocycles. The number of piperidine rings is 1. The van der Waals surface area contributed by atoms with Crippen molar-refractivity contribution in [3.05, 3.63) is 58.0 Å². The van der Waals surface area contributed by atoms with Crippen LogP contribution < -0.4 is 11.0 Å². The lowest BCUT2D eigenvalue weighted by atomic mass is 9.97. The number of carbonyl (C=O) groups is 1. The van der Waals surface area contributed by atoms with E-state index in [-0.39, 0.29) is 11.6 Å². The largest absolute Gasteiger partial charge is 0.325 e. The fourth-order valence-corrected chi connectivity index (χ4v) is 5.05. The molecule has 148 valence electrons. The second-order valence-electron chi connectivity index (χ2n) is 7.46. The topological polar surface area (TPSA) is 93.9 Å². The molecule has 8 heteroatoms. The van der Waals surface area contributed by atoms with E-state index in [4.69, 9.17) is 4.98 Å². The van der Waals surface area contributed by atoms with Crippen molar-refractivity contribution in [1.82, 2.24) is 19.9 Å². The van der Waals surface area contributed by atoms with Crippen LogP contribution in [0.5, 0.6) is 0 Å². The summed E-state index contributed by atoms with van der Waals surface area (Å²) >= 11 is 1.79. The van der Waals surface area contributed by atoms with Crippen LogP contribution in [-0.2, 0) is 4.79 Å². The lowest BCUT2D eigenvalue weighted by Gasteiger charge is -2.30. The van der Waals surface area contributed by atoms with Crippen molar-refractivity contribution >= 4 is 44.2 Å². The number of benzene rings is 2. The number of amides is 1. The molecule has 0 unspecified atom stereocenters. The van der Waals surface area contributed by atoms with Gasteiger partial charge in [-0.3, -0.25) is 9.69 Å². The van der Waals surface area contributed by atoms with Gasteiger partial charge < -0.3 is 15.3 Å². The zero-order valence-corrected chi connectivity index (χ0v) is 16.6. The van der Waals surface area contributed by atoms with Crippen LogP contribution in [0.1, 0.15) is 23.8 Å². The van der Waals surface area contributed by atoms with Gasteiger partial charge in [0.05, 0.1) is 32.8 Å². The second-order valence-corrected chi connectivity index (χ2v) is 8.52. The van der Waals surface area contributed by atoms with Gasteiger partial charge in [-0.1, -0.05) is 12.1 Å². The van der Waals surface area contributed by atoms with Crippen LogP contribution in [0, 0.1) is 0 Å². The maximum Gasteiger partial charge on any atom is 0.323 e. The van der Waals surface area contributed by atoms with Gasteiger partial charge >= 0.3 is 5.69 Å². The predicted molar refractivity (Wildman–Crippen MR) is 116 cm³/mol. The van der Waals surface area contributed by atoms with Crippen molar-refractivity contribution in [2.45, 2.75) is 18.8 Å². The Morgan fingerprint density at radius 1 is 1.14 bits per heavy atom. The Bertz CT molecular complexity index is 1200. The maximum atomic E-state index is 12.4. The quantitative estimate of drug-likeness (QED) is 0.484. The summed E-state index contributed by atoms with van der Waals surface area (Å²) in [5.74, 6) is 0.431. The number of likely N-dealkylation sites (tertiary alicyclic amines) is 1. The Labute approximate surface area is 170 Å². The second kappa shape index (κ2) is 7.46. The number of anilines is 1. The average molecular weight is 407 g/mol. The van der Waals surface area contributed by atoms with E-state index in [0.717, 1.165) is 37.0 Å². The summed E-state index contributed by atoms with van der Waals surface area (Å²) < 4.78 is 1.24. The third-order valence-corrected chi connectivity index (χ3v) is 6.61. The Morgan fingerprint density at radius 3 is 2.76 bits per heavy atom. The van der Waals surface area contributed by atoms with E-state index < -0.39 is 0 Å². The van der Waals surface area contributed by atoms with E-state index in [0.29, 0.717) is 23.7 Å². The summed E-state index contributed by atoms with van der Waals surface area (Å²) in [6.07, 6.45) is 2.04. The van der Waals surface area contributed by atoms with Gasteiger partial charge in [-0.05, 0) is 56.3 Å². The molecular formula is C21H21N5O2S. The van der Waals surface area contributed by atoms with Gasteiger partial charge in [0.2, 0.25) is 5.91 Å². The summed E-state index contributed by atoms with van der Waals surface area (Å²) in [6, 6.07) is 13.6. The molecule has 2 aromatic heterocycles. The normalized spacial score (nSPS) is 15.9. The molecule has 1 aliphatic heterocycles. The minimum absolute atomic E-state index is 0.0410. The number of imidazole rings is 1. The van der Waals surface area contributed by atoms with Gasteiger partial charge in [0.15, 0.2) is 0 Å². The Kier molecular flexibility index (Phi) is 4.65. The van der Waals surface area contributed by atoms with Crippen LogP contribution in [-0.4, -0.2) is 45.4 Å². The first-order valence-corrected chi connectivity index (χ1v) is 10.6. The van der Waals surface area contributed by atoms with E-state index in [2.05, 4.69) is 38.4 Å². The van der Waals surface area contributed by atoms with Crippen molar-refractivity contribution < 1.29 is 4.79 Å². The Morgan fingerprint density at radius 2 is 1.93 bits per heavy atom. The smallest absolute Gasteiger partial charge is 0.323 e. The molecule has 29 heavy (non-hydrogen) atoms. The molecule has 0 spiro atoms. The lowest BCUT2D eigenvalue weighted by Crippen LogP contribution is -2.38. The zero-order valence-electron chi connectivity index (χ0n) is 15.8. The summed E-state index contributed by atoms with van der Waals surface area (Å²) in [4.78, 5) is 36.2. The maximum absolute atomic E-state index is 12.4. The average Bonchev–Trinajstić information content (AvgIpc) is 3.30. The number of aromatic nitrogens is 3. The van der Waals surface area contributed by atoms with Crippen LogP contribution in [0.25, 0.3) is 21.3 Å². The number of para-hydroxylation sites is 1. The van der Waals surface area contributed by atoms with Crippen LogP contribution in [0.3, 0.4) is 0 Å². The summed E-state index contributed by atoms with van der Waals surface area (Å²) in [5.41, 5.74) is 2.92. The first kappa shape index (κ1) is 18.1. The number of aromatic amines is 2. The van der Waals surface area contributed by atoms with Crippen molar-refractivity contribution in [2.24, 2.45) is 0 Å². The third kappa shape index (κ3) is 3.81. The Balaban J connectivity index is 1.17. The van der Waals surface area contributed by atoms with Crippen molar-refractivity contribution in [3.63, 3.8) is 0 Å². The number of nitrogens with one attached hydrogen (secondary N) is 3. The van der Waals surface area contributed by atoms with Gasteiger partial charge in [-0.15, -0.1) is 11.3 Å².